The zero-order chi connectivity index (χ0) is 13.3. The van der Waals surface area contributed by atoms with E-state index in [0.717, 1.165) is 12.0 Å². The smallest absolute Gasteiger partial charge is 0.251 e. The van der Waals surface area contributed by atoms with Gasteiger partial charge in [-0.05, 0) is 26.0 Å². The van der Waals surface area contributed by atoms with Crippen LogP contribution in [-0.4, -0.2) is 23.7 Å². The zero-order valence-corrected chi connectivity index (χ0v) is 10.5. The van der Waals surface area contributed by atoms with E-state index in [9.17, 15) is 9.90 Å². The molecule has 2 unspecified atom stereocenters. The summed E-state index contributed by atoms with van der Waals surface area (Å²) >= 11 is 0. The van der Waals surface area contributed by atoms with Crippen molar-refractivity contribution in [2.75, 3.05) is 6.61 Å². The topological polar surface area (TPSA) is 81.8 Å². The molecule has 2 rings (SSSR count). The molecule has 5 nitrogen and oxygen atoms in total. The molecule has 1 aliphatic heterocycles. The van der Waals surface area contributed by atoms with E-state index < -0.39 is 12.0 Å². The zero-order valence-electron chi connectivity index (χ0n) is 10.5. The Balaban J connectivity index is 2.44. The minimum absolute atomic E-state index is 0.0930. The molecule has 18 heavy (non-hydrogen) atoms. The van der Waals surface area contributed by atoms with Crippen LogP contribution in [0, 0.1) is 0 Å². The van der Waals surface area contributed by atoms with Crippen LogP contribution >= 0.6 is 0 Å². The Morgan fingerprint density at radius 3 is 3.00 bits per heavy atom. The number of nitrogens with two attached hydrogens (primary N) is 1. The number of aliphatic hydroxyl groups excluding tert-OH is 1. The summed E-state index contributed by atoms with van der Waals surface area (Å²) in [5.74, 6) is 0.364. The molecule has 98 valence electrons. The number of amides is 1. The lowest BCUT2D eigenvalue weighted by Crippen LogP contribution is -2.21. The first-order chi connectivity index (χ1) is 8.52. The summed E-state index contributed by atoms with van der Waals surface area (Å²) in [5.41, 5.74) is 6.50. The highest BCUT2D eigenvalue weighted by atomic mass is 16.5. The normalized spacial score (nSPS) is 18.9. The molecule has 3 N–H and O–H groups in total. The highest BCUT2D eigenvalue weighted by Gasteiger charge is 2.26. The van der Waals surface area contributed by atoms with Gasteiger partial charge in [0.2, 0.25) is 0 Å². The van der Waals surface area contributed by atoms with Gasteiger partial charge >= 0.3 is 0 Å². The van der Waals surface area contributed by atoms with Crippen molar-refractivity contribution < 1.29 is 19.4 Å². The maximum absolute atomic E-state index is 11.1. The van der Waals surface area contributed by atoms with Crippen LogP contribution in [0.2, 0.25) is 0 Å². The van der Waals surface area contributed by atoms with Crippen molar-refractivity contribution in [3.63, 3.8) is 0 Å². The van der Waals surface area contributed by atoms with Gasteiger partial charge in [0.15, 0.2) is 6.10 Å². The number of fused-ring (bicyclic) bond motifs is 1. The van der Waals surface area contributed by atoms with Crippen LogP contribution in [0.1, 0.15) is 31.1 Å². The molecule has 0 aromatic heterocycles. The Morgan fingerprint density at radius 2 is 2.39 bits per heavy atom. The number of hydrogen-bond acceptors (Lipinski definition) is 4. The molecular weight excluding hydrogens is 234 g/mol. The molecule has 0 aliphatic carbocycles. The molecule has 1 aliphatic rings. The SMILES string of the molecule is CCOc1cc2c(cc1C(O)C(N)=O)OC(C)C2. The van der Waals surface area contributed by atoms with Gasteiger partial charge in [0.1, 0.15) is 17.6 Å². The Kier molecular flexibility index (Phi) is 3.43. The summed E-state index contributed by atoms with van der Waals surface area (Å²) in [7, 11) is 0. The Hall–Kier alpha value is -1.75. The van der Waals surface area contributed by atoms with Gasteiger partial charge in [0.05, 0.1) is 6.61 Å². The van der Waals surface area contributed by atoms with Crippen LogP contribution in [0.25, 0.3) is 0 Å². The standard InChI is InChI=1S/C13H17NO4/c1-3-17-11-5-8-4-7(2)18-10(8)6-9(11)12(15)13(14)16/h5-7,12,15H,3-4H2,1-2H3,(H2,14,16). The van der Waals surface area contributed by atoms with Gasteiger partial charge in [0.25, 0.3) is 5.91 Å². The molecule has 1 heterocycles. The van der Waals surface area contributed by atoms with Gasteiger partial charge < -0.3 is 20.3 Å². The Morgan fingerprint density at radius 1 is 1.67 bits per heavy atom. The van der Waals surface area contributed by atoms with Gasteiger partial charge in [0, 0.05) is 17.5 Å². The van der Waals surface area contributed by atoms with Gasteiger partial charge in [-0.25, -0.2) is 0 Å². The molecule has 0 saturated carbocycles. The van der Waals surface area contributed by atoms with Crippen molar-refractivity contribution in [1.29, 1.82) is 0 Å². The van der Waals surface area contributed by atoms with Crippen LogP contribution in [0.4, 0.5) is 0 Å². The fourth-order valence-corrected chi connectivity index (χ4v) is 2.10. The second-order valence-electron chi connectivity index (χ2n) is 4.37. The number of benzene rings is 1. The molecule has 0 saturated heterocycles. The minimum Gasteiger partial charge on any atom is -0.493 e. The summed E-state index contributed by atoms with van der Waals surface area (Å²) in [6, 6.07) is 3.45. The van der Waals surface area contributed by atoms with E-state index in [0.29, 0.717) is 23.7 Å². The van der Waals surface area contributed by atoms with Crippen LogP contribution < -0.4 is 15.2 Å². The molecular formula is C13H17NO4. The quantitative estimate of drug-likeness (QED) is 0.834. The van der Waals surface area contributed by atoms with E-state index >= 15 is 0 Å². The van der Waals surface area contributed by atoms with Crippen molar-refractivity contribution in [2.24, 2.45) is 5.73 Å². The first-order valence-corrected chi connectivity index (χ1v) is 5.96. The van der Waals surface area contributed by atoms with E-state index in [1.54, 1.807) is 6.07 Å². The molecule has 5 heteroatoms. The predicted octanol–water partition coefficient (Wildman–Crippen LogP) is 0.927. The number of hydrogen-bond donors (Lipinski definition) is 2. The summed E-state index contributed by atoms with van der Waals surface area (Å²) in [4.78, 5) is 11.1. The van der Waals surface area contributed by atoms with Crippen LogP contribution in [0.15, 0.2) is 12.1 Å². The third-order valence-corrected chi connectivity index (χ3v) is 2.89. The predicted molar refractivity (Wildman–Crippen MR) is 65.6 cm³/mol. The Labute approximate surface area is 106 Å². The first kappa shape index (κ1) is 12.7. The van der Waals surface area contributed by atoms with E-state index in [-0.39, 0.29) is 6.10 Å². The van der Waals surface area contributed by atoms with Crippen LogP contribution in [0.3, 0.4) is 0 Å². The lowest BCUT2D eigenvalue weighted by Gasteiger charge is -2.15. The molecule has 0 bridgehead atoms. The summed E-state index contributed by atoms with van der Waals surface area (Å²) in [5, 5.41) is 9.79. The molecule has 0 spiro atoms. The van der Waals surface area contributed by atoms with E-state index in [1.165, 1.54) is 0 Å². The fourth-order valence-electron chi connectivity index (χ4n) is 2.10. The summed E-state index contributed by atoms with van der Waals surface area (Å²) in [6.45, 7) is 4.25. The lowest BCUT2D eigenvalue weighted by atomic mass is 10.0. The minimum atomic E-state index is -1.38. The van der Waals surface area contributed by atoms with Crippen LogP contribution in [0.5, 0.6) is 11.5 Å². The van der Waals surface area contributed by atoms with Crippen molar-refractivity contribution in [1.82, 2.24) is 0 Å². The van der Waals surface area contributed by atoms with Gasteiger partial charge in [-0.2, -0.15) is 0 Å². The summed E-state index contributed by atoms with van der Waals surface area (Å²) < 4.78 is 11.0. The first-order valence-electron chi connectivity index (χ1n) is 5.96. The number of aliphatic hydroxyl groups is 1. The largest absolute Gasteiger partial charge is 0.493 e. The van der Waals surface area contributed by atoms with E-state index in [1.807, 2.05) is 19.9 Å². The molecule has 1 amide bonds. The number of carbonyl (C=O) groups excluding carboxylic acids is 1. The van der Waals surface area contributed by atoms with Crippen molar-refractivity contribution >= 4 is 5.91 Å². The van der Waals surface area contributed by atoms with Gasteiger partial charge in [-0.15, -0.1) is 0 Å². The molecule has 2 atom stereocenters. The number of carbonyl (C=O) groups is 1. The molecule has 1 aromatic rings. The van der Waals surface area contributed by atoms with Gasteiger partial charge in [-0.1, -0.05) is 0 Å². The van der Waals surface area contributed by atoms with Crippen molar-refractivity contribution in [3.05, 3.63) is 23.3 Å². The number of rotatable bonds is 4. The fraction of sp³-hybridized carbons (Fsp3) is 0.462. The maximum atomic E-state index is 11.1. The van der Waals surface area contributed by atoms with Gasteiger partial charge in [-0.3, -0.25) is 4.79 Å². The molecule has 0 radical (unpaired) electrons. The maximum Gasteiger partial charge on any atom is 0.251 e. The number of ether oxygens (including phenoxy) is 2. The monoisotopic (exact) mass is 251 g/mol. The van der Waals surface area contributed by atoms with Crippen molar-refractivity contribution in [2.45, 2.75) is 32.5 Å². The van der Waals surface area contributed by atoms with Crippen molar-refractivity contribution in [3.8, 4) is 11.5 Å². The average molecular weight is 251 g/mol. The average Bonchev–Trinajstić information content (AvgIpc) is 2.66. The lowest BCUT2D eigenvalue weighted by molar-refractivity contribution is -0.126. The molecule has 0 fully saturated rings. The second-order valence-corrected chi connectivity index (χ2v) is 4.37. The van der Waals surface area contributed by atoms with E-state index in [2.05, 4.69) is 0 Å². The highest BCUT2D eigenvalue weighted by molar-refractivity contribution is 5.81. The number of primary amides is 1. The summed E-state index contributed by atoms with van der Waals surface area (Å²) in [6.07, 6.45) is -0.491. The van der Waals surface area contributed by atoms with Crippen LogP contribution in [-0.2, 0) is 11.2 Å². The third-order valence-electron chi connectivity index (χ3n) is 2.89. The highest BCUT2D eigenvalue weighted by Crippen LogP contribution is 2.37. The Bertz CT molecular complexity index is 472. The third kappa shape index (κ3) is 2.26. The second kappa shape index (κ2) is 4.86. The molecule has 1 aromatic carbocycles. The van der Waals surface area contributed by atoms with E-state index in [4.69, 9.17) is 15.2 Å².